The predicted octanol–water partition coefficient (Wildman–Crippen LogP) is 3.95. The van der Waals surface area contributed by atoms with E-state index in [1.807, 2.05) is 12.1 Å². The molecule has 0 saturated carbocycles. The molecule has 0 aliphatic heterocycles. The Balaban J connectivity index is 2.09. The molecule has 0 saturated heterocycles. The first-order valence-electron chi connectivity index (χ1n) is 9.84. The van der Waals surface area contributed by atoms with Crippen molar-refractivity contribution >= 4 is 27.3 Å². The summed E-state index contributed by atoms with van der Waals surface area (Å²) in [6.07, 6.45) is 0.844. The summed E-state index contributed by atoms with van der Waals surface area (Å²) in [6.45, 7) is 12.6. The van der Waals surface area contributed by atoms with Crippen LogP contribution in [0.25, 0.3) is 0 Å². The highest BCUT2D eigenvalue weighted by Crippen LogP contribution is 2.40. The van der Waals surface area contributed by atoms with E-state index < -0.39 is 10.0 Å². The normalized spacial score (nSPS) is 12.8. The SMILES string of the molecule is CC(C)(C)c1cc(CCC(=O)NCc2ccc(S(N)(=O)=O)s2)cc(C(C)(C)C)c1O. The van der Waals surface area contributed by atoms with E-state index in [1.54, 1.807) is 6.07 Å². The number of hydrogen-bond acceptors (Lipinski definition) is 5. The fourth-order valence-corrected chi connectivity index (χ4v) is 4.84. The summed E-state index contributed by atoms with van der Waals surface area (Å²) < 4.78 is 22.8. The van der Waals surface area contributed by atoms with Gasteiger partial charge in [-0.1, -0.05) is 53.7 Å². The van der Waals surface area contributed by atoms with Crippen LogP contribution in [0.15, 0.2) is 28.5 Å². The molecular formula is C22H32N2O4S2. The van der Waals surface area contributed by atoms with Crippen LogP contribution in [-0.2, 0) is 38.6 Å². The smallest absolute Gasteiger partial charge is 0.247 e. The lowest BCUT2D eigenvalue weighted by atomic mass is 9.78. The second-order valence-corrected chi connectivity index (χ2v) is 12.5. The molecule has 8 heteroatoms. The first-order chi connectivity index (χ1) is 13.6. The van der Waals surface area contributed by atoms with Gasteiger partial charge < -0.3 is 10.4 Å². The van der Waals surface area contributed by atoms with Crippen molar-refractivity contribution in [3.63, 3.8) is 0 Å². The Morgan fingerprint density at radius 3 is 2.03 bits per heavy atom. The lowest BCUT2D eigenvalue weighted by Crippen LogP contribution is -2.23. The summed E-state index contributed by atoms with van der Waals surface area (Å²) in [7, 11) is -3.72. The molecule has 1 heterocycles. The molecule has 1 aromatic heterocycles. The van der Waals surface area contributed by atoms with E-state index in [0.717, 1.165) is 32.9 Å². The number of carbonyl (C=O) groups excluding carboxylic acids is 1. The maximum Gasteiger partial charge on any atom is 0.247 e. The summed E-state index contributed by atoms with van der Waals surface area (Å²) in [4.78, 5) is 13.0. The second-order valence-electron chi connectivity index (χ2n) is 9.58. The summed E-state index contributed by atoms with van der Waals surface area (Å²) in [5.41, 5.74) is 2.31. The average Bonchev–Trinajstić information content (AvgIpc) is 3.06. The number of sulfonamides is 1. The number of amides is 1. The van der Waals surface area contributed by atoms with Gasteiger partial charge in [0.25, 0.3) is 0 Å². The van der Waals surface area contributed by atoms with E-state index in [1.165, 1.54) is 6.07 Å². The number of phenols is 1. The Kier molecular flexibility index (Phi) is 7.06. The van der Waals surface area contributed by atoms with Gasteiger partial charge in [0.05, 0.1) is 6.54 Å². The first kappa shape index (κ1) is 24.4. The third-order valence-electron chi connectivity index (χ3n) is 4.80. The molecule has 0 spiro atoms. The van der Waals surface area contributed by atoms with Crippen LogP contribution in [0.4, 0.5) is 0 Å². The molecule has 30 heavy (non-hydrogen) atoms. The topological polar surface area (TPSA) is 109 Å². The monoisotopic (exact) mass is 452 g/mol. The van der Waals surface area contributed by atoms with Gasteiger partial charge >= 0.3 is 0 Å². The fourth-order valence-electron chi connectivity index (χ4n) is 3.12. The molecular weight excluding hydrogens is 420 g/mol. The van der Waals surface area contributed by atoms with Crippen molar-refractivity contribution in [1.29, 1.82) is 0 Å². The molecule has 2 aromatic rings. The van der Waals surface area contributed by atoms with Gasteiger partial charge in [-0.15, -0.1) is 11.3 Å². The van der Waals surface area contributed by atoms with Crippen molar-refractivity contribution in [2.24, 2.45) is 5.14 Å². The van der Waals surface area contributed by atoms with Crippen LogP contribution >= 0.6 is 11.3 Å². The lowest BCUT2D eigenvalue weighted by molar-refractivity contribution is -0.121. The van der Waals surface area contributed by atoms with E-state index in [9.17, 15) is 18.3 Å². The van der Waals surface area contributed by atoms with Crippen LogP contribution in [0.2, 0.25) is 0 Å². The molecule has 166 valence electrons. The zero-order valence-corrected chi connectivity index (χ0v) is 20.1. The van der Waals surface area contributed by atoms with Crippen molar-refractivity contribution in [2.75, 3.05) is 0 Å². The van der Waals surface area contributed by atoms with Crippen molar-refractivity contribution in [1.82, 2.24) is 5.32 Å². The minimum absolute atomic E-state index is 0.0836. The van der Waals surface area contributed by atoms with Crippen molar-refractivity contribution in [3.8, 4) is 5.75 Å². The molecule has 0 radical (unpaired) electrons. The van der Waals surface area contributed by atoms with Gasteiger partial charge in [0.15, 0.2) is 0 Å². The zero-order chi connectivity index (χ0) is 22.9. The third kappa shape index (κ3) is 6.30. The van der Waals surface area contributed by atoms with Crippen molar-refractivity contribution in [2.45, 2.75) is 76.0 Å². The van der Waals surface area contributed by atoms with Crippen LogP contribution in [0.5, 0.6) is 5.75 Å². The van der Waals surface area contributed by atoms with E-state index in [0.29, 0.717) is 18.6 Å². The van der Waals surface area contributed by atoms with E-state index in [-0.39, 0.29) is 27.5 Å². The number of benzene rings is 1. The van der Waals surface area contributed by atoms with Crippen LogP contribution in [0.1, 0.15) is 69.5 Å². The molecule has 1 aromatic carbocycles. The Morgan fingerprint density at radius 1 is 1.07 bits per heavy atom. The van der Waals surface area contributed by atoms with Crippen LogP contribution in [0.3, 0.4) is 0 Å². The van der Waals surface area contributed by atoms with Crippen LogP contribution in [-0.4, -0.2) is 19.4 Å². The van der Waals surface area contributed by atoms with E-state index >= 15 is 0 Å². The van der Waals surface area contributed by atoms with Gasteiger partial charge in [-0.2, -0.15) is 0 Å². The highest BCUT2D eigenvalue weighted by Gasteiger charge is 2.26. The second kappa shape index (κ2) is 8.69. The Bertz CT molecular complexity index is 991. The van der Waals surface area contributed by atoms with Gasteiger partial charge in [0.1, 0.15) is 9.96 Å². The number of aromatic hydroxyl groups is 1. The number of rotatable bonds is 6. The molecule has 0 aliphatic rings. The number of nitrogens with one attached hydrogen (secondary N) is 1. The summed E-state index contributed by atoms with van der Waals surface area (Å²) >= 11 is 1.05. The standard InChI is InChI=1S/C22H32N2O4S2/c1-21(2,3)16-11-14(12-17(20(16)26)22(4,5)6)7-9-18(25)24-13-15-8-10-19(29-15)30(23,27)28/h8,10-12,26H,7,9,13H2,1-6H3,(H,24,25)(H2,23,27,28). The maximum absolute atomic E-state index is 12.3. The van der Waals surface area contributed by atoms with E-state index in [2.05, 4.69) is 46.9 Å². The Labute approximate surface area is 183 Å². The molecule has 0 bridgehead atoms. The van der Waals surface area contributed by atoms with Gasteiger partial charge in [-0.3, -0.25) is 4.79 Å². The van der Waals surface area contributed by atoms with Crippen molar-refractivity contribution in [3.05, 3.63) is 45.8 Å². The largest absolute Gasteiger partial charge is 0.507 e. The van der Waals surface area contributed by atoms with Gasteiger partial charge in [-0.05, 0) is 46.1 Å². The van der Waals surface area contributed by atoms with Crippen molar-refractivity contribution < 1.29 is 18.3 Å². The van der Waals surface area contributed by atoms with Gasteiger partial charge in [0, 0.05) is 11.3 Å². The number of primary sulfonamides is 1. The maximum atomic E-state index is 12.3. The van der Waals surface area contributed by atoms with Crippen LogP contribution in [0, 0.1) is 0 Å². The predicted molar refractivity (Wildman–Crippen MR) is 121 cm³/mol. The van der Waals surface area contributed by atoms with E-state index in [4.69, 9.17) is 5.14 Å². The lowest BCUT2D eigenvalue weighted by Gasteiger charge is -2.28. The highest BCUT2D eigenvalue weighted by atomic mass is 32.2. The molecule has 0 aliphatic carbocycles. The molecule has 6 nitrogen and oxygen atoms in total. The number of phenolic OH excluding ortho intramolecular Hbond substituents is 1. The quantitative estimate of drug-likeness (QED) is 0.616. The summed E-state index contributed by atoms with van der Waals surface area (Å²) in [5.74, 6) is 0.204. The number of nitrogens with two attached hydrogens (primary N) is 1. The average molecular weight is 453 g/mol. The zero-order valence-electron chi connectivity index (χ0n) is 18.5. The van der Waals surface area contributed by atoms with Gasteiger partial charge in [0.2, 0.25) is 15.9 Å². The number of thiophene rings is 1. The Hall–Kier alpha value is -1.90. The number of carbonyl (C=O) groups is 1. The molecule has 1 amide bonds. The minimum atomic E-state index is -3.72. The molecule has 2 rings (SSSR count). The third-order valence-corrected chi connectivity index (χ3v) is 7.33. The fraction of sp³-hybridized carbons (Fsp3) is 0.500. The number of hydrogen-bond donors (Lipinski definition) is 3. The Morgan fingerprint density at radius 2 is 1.60 bits per heavy atom. The van der Waals surface area contributed by atoms with Crippen LogP contribution < -0.4 is 10.5 Å². The summed E-state index contributed by atoms with van der Waals surface area (Å²) in [5, 5.41) is 18.7. The molecule has 0 atom stereocenters. The molecule has 0 fully saturated rings. The minimum Gasteiger partial charge on any atom is -0.507 e. The van der Waals surface area contributed by atoms with Gasteiger partial charge in [-0.25, -0.2) is 13.6 Å². The first-order valence-corrected chi connectivity index (χ1v) is 12.2. The number of aryl methyl sites for hydroxylation is 1. The highest BCUT2D eigenvalue weighted by molar-refractivity contribution is 7.91. The molecule has 4 N–H and O–H groups in total. The summed E-state index contributed by atoms with van der Waals surface area (Å²) in [6, 6.07) is 7.06. The molecule has 0 unspecified atom stereocenters.